The van der Waals surface area contributed by atoms with E-state index in [9.17, 15) is 4.39 Å². The third-order valence-corrected chi connectivity index (χ3v) is 4.18. The Balaban J connectivity index is 2.31. The van der Waals surface area contributed by atoms with Crippen molar-refractivity contribution in [1.29, 1.82) is 0 Å². The molecule has 0 saturated carbocycles. The highest BCUT2D eigenvalue weighted by molar-refractivity contribution is 9.11. The first-order chi connectivity index (χ1) is 9.52. The van der Waals surface area contributed by atoms with Crippen LogP contribution in [0.15, 0.2) is 39.4 Å². The summed E-state index contributed by atoms with van der Waals surface area (Å²) in [5.74, 6) is 5.14. The van der Waals surface area contributed by atoms with Gasteiger partial charge >= 0.3 is 0 Å². The molecule has 0 aliphatic rings. The van der Waals surface area contributed by atoms with E-state index < -0.39 is 5.82 Å². The third-order valence-electron chi connectivity index (χ3n) is 2.82. The van der Waals surface area contributed by atoms with E-state index in [-0.39, 0.29) is 11.1 Å². The normalized spacial score (nSPS) is 12.4. The SMILES string of the molecule is NNC(Cc1cccc(Cl)c1F)c1ncc(Br)cc1Br. The molecule has 0 aliphatic carbocycles. The molecule has 3 nitrogen and oxygen atoms in total. The number of hydrogen-bond acceptors (Lipinski definition) is 3. The third kappa shape index (κ3) is 3.56. The van der Waals surface area contributed by atoms with Crippen LogP contribution in [-0.2, 0) is 6.42 Å². The van der Waals surface area contributed by atoms with Gasteiger partial charge in [-0.1, -0.05) is 23.7 Å². The molecule has 0 radical (unpaired) electrons. The number of halogens is 4. The molecule has 0 bridgehead atoms. The maximum atomic E-state index is 13.9. The van der Waals surface area contributed by atoms with E-state index in [2.05, 4.69) is 42.3 Å². The Morgan fingerprint density at radius 1 is 1.40 bits per heavy atom. The number of aromatic nitrogens is 1. The average Bonchev–Trinajstić information content (AvgIpc) is 2.41. The van der Waals surface area contributed by atoms with Gasteiger partial charge in [-0.2, -0.15) is 0 Å². The van der Waals surface area contributed by atoms with Crippen molar-refractivity contribution in [2.45, 2.75) is 12.5 Å². The van der Waals surface area contributed by atoms with Gasteiger partial charge in [0.2, 0.25) is 0 Å². The standard InChI is InChI=1S/C13H11Br2ClFN3/c14-8-5-9(15)13(19-6-8)11(20-18)4-7-2-1-3-10(16)12(7)17/h1-3,5-6,11,20H,4,18H2. The van der Waals surface area contributed by atoms with Crippen LogP contribution < -0.4 is 11.3 Å². The van der Waals surface area contributed by atoms with Crippen LogP contribution >= 0.6 is 43.5 Å². The van der Waals surface area contributed by atoms with Gasteiger partial charge in [-0.15, -0.1) is 0 Å². The zero-order valence-corrected chi connectivity index (χ0v) is 14.1. The van der Waals surface area contributed by atoms with E-state index in [1.807, 2.05) is 6.07 Å². The summed E-state index contributed by atoms with van der Waals surface area (Å²) in [6.45, 7) is 0. The molecular weight excluding hydrogens is 412 g/mol. The summed E-state index contributed by atoms with van der Waals surface area (Å²) in [6.07, 6.45) is 2.01. The first-order valence-corrected chi connectivity index (χ1v) is 7.69. The maximum absolute atomic E-state index is 13.9. The van der Waals surface area contributed by atoms with Crippen LogP contribution in [0.5, 0.6) is 0 Å². The van der Waals surface area contributed by atoms with Crippen molar-refractivity contribution in [3.05, 3.63) is 61.5 Å². The molecule has 0 fully saturated rings. The average molecular weight is 424 g/mol. The second-order valence-electron chi connectivity index (χ2n) is 4.16. The monoisotopic (exact) mass is 421 g/mol. The smallest absolute Gasteiger partial charge is 0.145 e. The van der Waals surface area contributed by atoms with Gasteiger partial charge in [0.25, 0.3) is 0 Å². The number of nitrogens with two attached hydrogens (primary N) is 1. The topological polar surface area (TPSA) is 50.9 Å². The van der Waals surface area contributed by atoms with Gasteiger partial charge in [-0.25, -0.2) is 4.39 Å². The molecule has 0 aliphatic heterocycles. The molecule has 1 aromatic heterocycles. The summed E-state index contributed by atoms with van der Waals surface area (Å²) in [5.41, 5.74) is 3.84. The number of nitrogens with zero attached hydrogens (tertiary/aromatic N) is 1. The van der Waals surface area contributed by atoms with Crippen LogP contribution in [0.3, 0.4) is 0 Å². The summed E-state index contributed by atoms with van der Waals surface area (Å²) >= 11 is 12.5. The lowest BCUT2D eigenvalue weighted by Gasteiger charge is -2.17. The van der Waals surface area contributed by atoms with Crippen LogP contribution in [0.2, 0.25) is 5.02 Å². The van der Waals surface area contributed by atoms with Crippen molar-refractivity contribution in [2.75, 3.05) is 0 Å². The second-order valence-corrected chi connectivity index (χ2v) is 6.33. The molecule has 1 unspecified atom stereocenters. The van der Waals surface area contributed by atoms with Crippen molar-refractivity contribution in [2.24, 2.45) is 5.84 Å². The van der Waals surface area contributed by atoms with Gasteiger partial charge in [0.1, 0.15) is 5.82 Å². The van der Waals surface area contributed by atoms with E-state index in [1.54, 1.807) is 18.3 Å². The molecule has 0 spiro atoms. The number of rotatable bonds is 4. The van der Waals surface area contributed by atoms with E-state index in [1.165, 1.54) is 6.07 Å². The molecule has 1 aromatic carbocycles. The fourth-order valence-corrected chi connectivity index (χ4v) is 3.30. The van der Waals surface area contributed by atoms with E-state index in [4.69, 9.17) is 17.4 Å². The minimum atomic E-state index is -0.428. The number of pyridine rings is 1. The van der Waals surface area contributed by atoms with Crippen molar-refractivity contribution < 1.29 is 4.39 Å². The summed E-state index contributed by atoms with van der Waals surface area (Å²) in [5, 5.41) is 0.0982. The molecule has 1 atom stereocenters. The predicted octanol–water partition coefficient (Wildman–Crippen LogP) is 4.15. The predicted molar refractivity (Wildman–Crippen MR) is 84.8 cm³/mol. The van der Waals surface area contributed by atoms with Gasteiger partial charge in [0.15, 0.2) is 0 Å². The van der Waals surface area contributed by atoms with E-state index >= 15 is 0 Å². The number of hydrogen-bond donors (Lipinski definition) is 2. The first kappa shape index (κ1) is 15.9. The molecule has 0 amide bonds. The van der Waals surface area contributed by atoms with Crippen molar-refractivity contribution in [3.63, 3.8) is 0 Å². The zero-order valence-electron chi connectivity index (χ0n) is 10.2. The van der Waals surface area contributed by atoms with Gasteiger partial charge in [0, 0.05) is 15.1 Å². The Bertz CT molecular complexity index is 625. The van der Waals surface area contributed by atoms with Crippen molar-refractivity contribution in [1.82, 2.24) is 10.4 Å². The minimum absolute atomic E-state index is 0.0982. The highest BCUT2D eigenvalue weighted by Gasteiger charge is 2.18. The highest BCUT2D eigenvalue weighted by atomic mass is 79.9. The van der Waals surface area contributed by atoms with Crippen LogP contribution in [0.25, 0.3) is 0 Å². The van der Waals surface area contributed by atoms with Crippen LogP contribution in [0, 0.1) is 5.82 Å². The molecule has 7 heteroatoms. The lowest BCUT2D eigenvalue weighted by molar-refractivity contribution is 0.517. The molecule has 1 heterocycles. The molecule has 0 saturated heterocycles. The summed E-state index contributed by atoms with van der Waals surface area (Å²) in [7, 11) is 0. The van der Waals surface area contributed by atoms with Crippen LogP contribution in [0.4, 0.5) is 4.39 Å². The largest absolute Gasteiger partial charge is 0.271 e. The van der Waals surface area contributed by atoms with Gasteiger partial charge in [-0.3, -0.25) is 16.3 Å². The summed E-state index contributed by atoms with van der Waals surface area (Å²) in [6, 6.07) is 6.43. The van der Waals surface area contributed by atoms with Crippen LogP contribution in [0.1, 0.15) is 17.3 Å². The Morgan fingerprint density at radius 2 is 2.15 bits per heavy atom. The molecular formula is C13H11Br2ClFN3. The molecule has 3 N–H and O–H groups in total. The van der Waals surface area contributed by atoms with E-state index in [0.29, 0.717) is 17.7 Å². The Labute approximate surface area is 138 Å². The van der Waals surface area contributed by atoms with Crippen molar-refractivity contribution >= 4 is 43.5 Å². The second kappa shape index (κ2) is 6.95. The van der Waals surface area contributed by atoms with Crippen LogP contribution in [-0.4, -0.2) is 4.98 Å². The molecule has 2 rings (SSSR count). The quantitative estimate of drug-likeness (QED) is 0.574. The summed E-state index contributed by atoms with van der Waals surface area (Å²) in [4.78, 5) is 4.31. The molecule has 106 valence electrons. The fourth-order valence-electron chi connectivity index (χ4n) is 1.84. The summed E-state index contributed by atoms with van der Waals surface area (Å²) < 4.78 is 15.6. The Kier molecular flexibility index (Phi) is 5.51. The fraction of sp³-hybridized carbons (Fsp3) is 0.154. The van der Waals surface area contributed by atoms with Gasteiger partial charge in [0.05, 0.1) is 16.8 Å². The van der Waals surface area contributed by atoms with Gasteiger partial charge < -0.3 is 0 Å². The molecule has 20 heavy (non-hydrogen) atoms. The lowest BCUT2D eigenvalue weighted by atomic mass is 10.0. The number of hydrazine groups is 1. The zero-order chi connectivity index (χ0) is 14.7. The minimum Gasteiger partial charge on any atom is -0.271 e. The maximum Gasteiger partial charge on any atom is 0.145 e. The lowest BCUT2D eigenvalue weighted by Crippen LogP contribution is -2.30. The number of benzene rings is 1. The Morgan fingerprint density at radius 3 is 2.80 bits per heavy atom. The number of nitrogens with one attached hydrogen (secondary N) is 1. The first-order valence-electron chi connectivity index (χ1n) is 5.73. The van der Waals surface area contributed by atoms with E-state index in [0.717, 1.165) is 8.95 Å². The van der Waals surface area contributed by atoms with Crippen molar-refractivity contribution in [3.8, 4) is 0 Å². The molecule has 2 aromatic rings. The highest BCUT2D eigenvalue weighted by Crippen LogP contribution is 2.28. The van der Waals surface area contributed by atoms with Gasteiger partial charge in [-0.05, 0) is 56.0 Å². The Hall–Kier alpha value is -0.530.